The van der Waals surface area contributed by atoms with Gasteiger partial charge in [-0.2, -0.15) is 5.10 Å². The Morgan fingerprint density at radius 2 is 1.71 bits per heavy atom. The van der Waals surface area contributed by atoms with Crippen molar-refractivity contribution >= 4 is 5.91 Å². The summed E-state index contributed by atoms with van der Waals surface area (Å²) in [6, 6.07) is 26.1. The minimum absolute atomic E-state index is 0.0480. The average Bonchev–Trinajstić information content (AvgIpc) is 3.64. The molecule has 0 atom stereocenters. The summed E-state index contributed by atoms with van der Waals surface area (Å²) >= 11 is 0. The molecule has 4 aromatic rings. The predicted octanol–water partition coefficient (Wildman–Crippen LogP) is 6.30. The summed E-state index contributed by atoms with van der Waals surface area (Å²) in [5.74, 6) is 1.46. The van der Waals surface area contributed by atoms with Crippen molar-refractivity contribution in [1.82, 2.24) is 14.7 Å². The summed E-state index contributed by atoms with van der Waals surface area (Å²) in [6.45, 7) is 4.52. The Morgan fingerprint density at radius 1 is 0.971 bits per heavy atom. The number of nitrogens with zero attached hydrogens (tertiary/aromatic N) is 3. The average molecular weight is 452 g/mol. The molecule has 0 saturated heterocycles. The van der Waals surface area contributed by atoms with Crippen molar-refractivity contribution in [2.75, 3.05) is 0 Å². The minimum Gasteiger partial charge on any atom is -0.439 e. The number of carbonyl (C=O) groups excluding carboxylic acids is 1. The molecular weight excluding hydrogens is 422 g/mol. The second kappa shape index (κ2) is 9.18. The molecule has 5 heteroatoms. The maximum Gasteiger partial charge on any atom is 0.254 e. The number of hydrogen-bond acceptors (Lipinski definition) is 3. The van der Waals surface area contributed by atoms with E-state index in [0.29, 0.717) is 18.0 Å². The van der Waals surface area contributed by atoms with Crippen LogP contribution in [0.1, 0.15) is 39.9 Å². The van der Waals surface area contributed by atoms with Crippen LogP contribution in [-0.2, 0) is 13.6 Å². The second-order valence-corrected chi connectivity index (χ2v) is 9.07. The van der Waals surface area contributed by atoms with Crippen molar-refractivity contribution in [3.63, 3.8) is 0 Å². The van der Waals surface area contributed by atoms with Crippen molar-refractivity contribution in [3.05, 3.63) is 101 Å². The lowest BCUT2D eigenvalue weighted by Gasteiger charge is -2.23. The summed E-state index contributed by atoms with van der Waals surface area (Å²) in [5, 5.41) is 4.83. The first-order chi connectivity index (χ1) is 16.5. The Balaban J connectivity index is 1.56. The third-order valence-corrected chi connectivity index (χ3v) is 6.21. The van der Waals surface area contributed by atoms with E-state index in [9.17, 15) is 4.79 Å². The summed E-state index contributed by atoms with van der Waals surface area (Å²) < 4.78 is 8.17. The monoisotopic (exact) mass is 451 g/mol. The van der Waals surface area contributed by atoms with Gasteiger partial charge >= 0.3 is 0 Å². The second-order valence-electron chi connectivity index (χ2n) is 9.07. The SMILES string of the molecule is Cc1ccc(C(=O)N(Cc2c(-c3ccccc3)nn(C)c2Oc2cccc(C)c2)C2CC2)cc1. The zero-order valence-corrected chi connectivity index (χ0v) is 19.9. The molecule has 1 heterocycles. The molecule has 3 aromatic carbocycles. The molecule has 34 heavy (non-hydrogen) atoms. The van der Waals surface area contributed by atoms with Gasteiger partial charge in [-0.05, 0) is 56.5 Å². The van der Waals surface area contributed by atoms with E-state index in [1.54, 1.807) is 4.68 Å². The highest BCUT2D eigenvalue weighted by Gasteiger charge is 2.35. The summed E-state index contributed by atoms with van der Waals surface area (Å²) in [5.41, 5.74) is 5.74. The van der Waals surface area contributed by atoms with Gasteiger partial charge in [-0.1, -0.05) is 60.2 Å². The van der Waals surface area contributed by atoms with Crippen molar-refractivity contribution in [2.45, 2.75) is 39.3 Å². The molecule has 0 aliphatic heterocycles. The number of amides is 1. The van der Waals surface area contributed by atoms with E-state index in [2.05, 4.69) is 0 Å². The molecule has 1 aliphatic rings. The minimum atomic E-state index is 0.0480. The molecule has 0 bridgehead atoms. The van der Waals surface area contributed by atoms with Crippen LogP contribution in [0.2, 0.25) is 0 Å². The Hall–Kier alpha value is -3.86. The van der Waals surface area contributed by atoms with E-state index in [4.69, 9.17) is 9.84 Å². The largest absolute Gasteiger partial charge is 0.439 e. The van der Waals surface area contributed by atoms with E-state index < -0.39 is 0 Å². The predicted molar refractivity (Wildman–Crippen MR) is 134 cm³/mol. The molecule has 5 nitrogen and oxygen atoms in total. The van der Waals surface area contributed by atoms with Gasteiger partial charge < -0.3 is 9.64 Å². The van der Waals surface area contributed by atoms with Crippen LogP contribution in [0.4, 0.5) is 0 Å². The van der Waals surface area contributed by atoms with Gasteiger partial charge in [0.05, 0.1) is 12.1 Å². The molecule has 1 amide bonds. The highest BCUT2D eigenvalue weighted by Crippen LogP contribution is 2.37. The molecule has 0 N–H and O–H groups in total. The van der Waals surface area contributed by atoms with E-state index in [-0.39, 0.29) is 11.9 Å². The van der Waals surface area contributed by atoms with Crippen molar-refractivity contribution < 1.29 is 9.53 Å². The number of rotatable bonds is 7. The van der Waals surface area contributed by atoms with Gasteiger partial charge in [0.25, 0.3) is 5.91 Å². The fourth-order valence-electron chi connectivity index (χ4n) is 4.23. The Bertz CT molecular complexity index is 1310. The van der Waals surface area contributed by atoms with Crippen LogP contribution in [0.25, 0.3) is 11.3 Å². The molecule has 172 valence electrons. The van der Waals surface area contributed by atoms with Gasteiger partial charge in [0.1, 0.15) is 11.4 Å². The molecule has 0 radical (unpaired) electrons. The number of aromatic nitrogens is 2. The number of ether oxygens (including phenoxy) is 1. The van der Waals surface area contributed by atoms with Crippen LogP contribution >= 0.6 is 0 Å². The number of benzene rings is 3. The molecule has 0 spiro atoms. The normalized spacial score (nSPS) is 13.0. The van der Waals surface area contributed by atoms with Crippen molar-refractivity contribution in [3.8, 4) is 22.9 Å². The summed E-state index contributed by atoms with van der Waals surface area (Å²) in [6.07, 6.45) is 2.04. The van der Waals surface area contributed by atoms with Gasteiger partial charge in [0.15, 0.2) is 0 Å². The van der Waals surface area contributed by atoms with Crippen LogP contribution in [0.3, 0.4) is 0 Å². The Morgan fingerprint density at radius 3 is 2.38 bits per heavy atom. The zero-order chi connectivity index (χ0) is 23.7. The molecule has 0 unspecified atom stereocenters. The van der Waals surface area contributed by atoms with E-state index >= 15 is 0 Å². The smallest absolute Gasteiger partial charge is 0.254 e. The fraction of sp³-hybridized carbons (Fsp3) is 0.241. The first-order valence-electron chi connectivity index (χ1n) is 11.7. The van der Waals surface area contributed by atoms with E-state index in [0.717, 1.165) is 46.5 Å². The highest BCUT2D eigenvalue weighted by molar-refractivity contribution is 5.94. The van der Waals surface area contributed by atoms with Crippen molar-refractivity contribution in [1.29, 1.82) is 0 Å². The summed E-state index contributed by atoms with van der Waals surface area (Å²) in [7, 11) is 1.89. The number of carbonyl (C=O) groups is 1. The van der Waals surface area contributed by atoms with Gasteiger partial charge in [-0.15, -0.1) is 0 Å². The van der Waals surface area contributed by atoms with Crippen LogP contribution in [0, 0.1) is 13.8 Å². The van der Waals surface area contributed by atoms with Gasteiger partial charge in [-0.25, -0.2) is 4.68 Å². The van der Waals surface area contributed by atoms with Crippen molar-refractivity contribution in [2.24, 2.45) is 7.05 Å². The molecular formula is C29H29N3O2. The molecule has 5 rings (SSSR count). The Labute approximate surface area is 200 Å². The van der Waals surface area contributed by atoms with Crippen LogP contribution in [-0.4, -0.2) is 26.6 Å². The molecule has 1 fully saturated rings. The van der Waals surface area contributed by atoms with Crippen LogP contribution in [0.5, 0.6) is 11.6 Å². The lowest BCUT2D eigenvalue weighted by atomic mass is 10.1. The third-order valence-electron chi connectivity index (χ3n) is 6.21. The maximum absolute atomic E-state index is 13.6. The van der Waals surface area contributed by atoms with Crippen LogP contribution in [0.15, 0.2) is 78.9 Å². The van der Waals surface area contributed by atoms with E-state index in [1.807, 2.05) is 105 Å². The highest BCUT2D eigenvalue weighted by atomic mass is 16.5. The molecule has 1 saturated carbocycles. The standard InChI is InChI=1S/C29H29N3O2/c1-20-12-14-23(15-13-20)28(33)32(24-16-17-24)19-26-27(22-9-5-4-6-10-22)30-31(3)29(26)34-25-11-7-8-21(2)18-25/h4-15,18,24H,16-17,19H2,1-3H3. The topological polar surface area (TPSA) is 47.4 Å². The Kier molecular flexibility index (Phi) is 5.93. The first-order valence-corrected chi connectivity index (χ1v) is 11.7. The van der Waals surface area contributed by atoms with Gasteiger partial charge in [-0.3, -0.25) is 4.79 Å². The quantitative estimate of drug-likeness (QED) is 0.331. The zero-order valence-electron chi connectivity index (χ0n) is 19.9. The van der Waals surface area contributed by atoms with E-state index in [1.165, 1.54) is 0 Å². The molecule has 1 aliphatic carbocycles. The van der Waals surface area contributed by atoms with Gasteiger partial charge in [0, 0.05) is 24.2 Å². The maximum atomic E-state index is 13.6. The third kappa shape index (κ3) is 4.60. The van der Waals surface area contributed by atoms with Crippen LogP contribution < -0.4 is 4.74 Å². The first kappa shape index (κ1) is 22.0. The molecule has 1 aromatic heterocycles. The lowest BCUT2D eigenvalue weighted by molar-refractivity contribution is 0.0729. The van der Waals surface area contributed by atoms with Gasteiger partial charge in [0.2, 0.25) is 5.88 Å². The lowest BCUT2D eigenvalue weighted by Crippen LogP contribution is -2.32. The fourth-order valence-corrected chi connectivity index (χ4v) is 4.23. The number of hydrogen-bond donors (Lipinski definition) is 0. The summed E-state index contributed by atoms with van der Waals surface area (Å²) in [4.78, 5) is 15.6. The number of aryl methyl sites for hydroxylation is 3.